The molecule has 2 nitrogen and oxygen atoms in total. The molecule has 1 atom stereocenters. The molecule has 0 bridgehead atoms. The van der Waals surface area contributed by atoms with Crippen molar-refractivity contribution in [3.63, 3.8) is 0 Å². The number of hydrogen-bond donors (Lipinski definition) is 2. The predicted molar refractivity (Wildman–Crippen MR) is 76.4 cm³/mol. The average molecular weight is 243 g/mol. The molecular weight excluding hydrogens is 210 g/mol. The summed E-state index contributed by atoms with van der Waals surface area (Å²) < 4.78 is 0. The fraction of sp³-hybridized carbons (Fsp3) is 1.00. The SMILES string of the molecule is CCCCCCCCCC(C)(O)CNC(C)C. The lowest BCUT2D eigenvalue weighted by Gasteiger charge is -2.25. The molecule has 0 radical (unpaired) electrons. The zero-order valence-corrected chi connectivity index (χ0v) is 12.4. The molecule has 0 aromatic carbocycles. The largest absolute Gasteiger partial charge is 0.389 e. The normalized spacial score (nSPS) is 15.2. The molecule has 0 amide bonds. The van der Waals surface area contributed by atoms with Crippen LogP contribution >= 0.6 is 0 Å². The highest BCUT2D eigenvalue weighted by molar-refractivity contribution is 4.76. The number of rotatable bonds is 11. The Hall–Kier alpha value is -0.0800. The van der Waals surface area contributed by atoms with E-state index in [2.05, 4.69) is 26.1 Å². The van der Waals surface area contributed by atoms with Gasteiger partial charge in [-0.3, -0.25) is 0 Å². The Labute approximate surface area is 108 Å². The molecule has 2 N–H and O–H groups in total. The molecule has 0 rings (SSSR count). The molecule has 17 heavy (non-hydrogen) atoms. The monoisotopic (exact) mass is 243 g/mol. The Morgan fingerprint density at radius 3 is 2.06 bits per heavy atom. The van der Waals surface area contributed by atoms with Crippen LogP contribution in [-0.2, 0) is 0 Å². The lowest BCUT2D eigenvalue weighted by Crippen LogP contribution is -2.40. The molecular formula is C15H33NO. The van der Waals surface area contributed by atoms with Crippen LogP contribution in [0.1, 0.15) is 79.1 Å². The van der Waals surface area contributed by atoms with Gasteiger partial charge >= 0.3 is 0 Å². The molecule has 0 aliphatic heterocycles. The van der Waals surface area contributed by atoms with Crippen LogP contribution in [0.2, 0.25) is 0 Å². The number of unbranched alkanes of at least 4 members (excludes halogenated alkanes) is 6. The van der Waals surface area contributed by atoms with E-state index in [1.165, 1.54) is 38.5 Å². The molecule has 0 aliphatic carbocycles. The molecule has 0 fully saturated rings. The van der Waals surface area contributed by atoms with Gasteiger partial charge in [-0.1, -0.05) is 65.7 Å². The van der Waals surface area contributed by atoms with Crippen molar-refractivity contribution in [3.05, 3.63) is 0 Å². The van der Waals surface area contributed by atoms with Gasteiger partial charge in [-0.05, 0) is 13.3 Å². The van der Waals surface area contributed by atoms with Gasteiger partial charge in [0, 0.05) is 12.6 Å². The maximum Gasteiger partial charge on any atom is 0.0743 e. The lowest BCUT2D eigenvalue weighted by molar-refractivity contribution is 0.0462. The fourth-order valence-electron chi connectivity index (χ4n) is 1.98. The van der Waals surface area contributed by atoms with E-state index in [4.69, 9.17) is 0 Å². The summed E-state index contributed by atoms with van der Waals surface area (Å²) in [5.41, 5.74) is -0.534. The van der Waals surface area contributed by atoms with Gasteiger partial charge in [0.15, 0.2) is 0 Å². The molecule has 0 saturated carbocycles. The van der Waals surface area contributed by atoms with Crippen molar-refractivity contribution in [3.8, 4) is 0 Å². The second-order valence-electron chi connectivity index (χ2n) is 5.90. The summed E-state index contributed by atoms with van der Waals surface area (Å²) in [4.78, 5) is 0. The Kier molecular flexibility index (Phi) is 9.85. The Balaban J connectivity index is 3.39. The second-order valence-corrected chi connectivity index (χ2v) is 5.90. The molecule has 0 aliphatic rings. The topological polar surface area (TPSA) is 32.3 Å². The molecule has 0 saturated heterocycles. The van der Waals surface area contributed by atoms with Crippen LogP contribution in [0, 0.1) is 0 Å². The van der Waals surface area contributed by atoms with E-state index in [0.717, 1.165) is 12.8 Å². The van der Waals surface area contributed by atoms with Crippen molar-refractivity contribution >= 4 is 0 Å². The van der Waals surface area contributed by atoms with Crippen LogP contribution in [0.15, 0.2) is 0 Å². The summed E-state index contributed by atoms with van der Waals surface area (Å²) in [6, 6.07) is 0.454. The minimum Gasteiger partial charge on any atom is -0.389 e. The van der Waals surface area contributed by atoms with Gasteiger partial charge in [-0.2, -0.15) is 0 Å². The molecule has 1 unspecified atom stereocenters. The van der Waals surface area contributed by atoms with Gasteiger partial charge in [-0.15, -0.1) is 0 Å². The minimum atomic E-state index is -0.534. The van der Waals surface area contributed by atoms with Crippen molar-refractivity contribution in [1.29, 1.82) is 0 Å². The van der Waals surface area contributed by atoms with E-state index in [9.17, 15) is 5.11 Å². The maximum absolute atomic E-state index is 10.1. The van der Waals surface area contributed by atoms with Crippen LogP contribution in [0.25, 0.3) is 0 Å². The van der Waals surface area contributed by atoms with E-state index in [0.29, 0.717) is 12.6 Å². The predicted octanol–water partition coefficient (Wildman–Crippen LogP) is 3.88. The van der Waals surface area contributed by atoms with Crippen LogP contribution < -0.4 is 5.32 Å². The van der Waals surface area contributed by atoms with Gasteiger partial charge in [0.1, 0.15) is 0 Å². The van der Waals surface area contributed by atoms with E-state index in [-0.39, 0.29) is 0 Å². The van der Waals surface area contributed by atoms with Crippen LogP contribution in [0.5, 0.6) is 0 Å². The van der Waals surface area contributed by atoms with E-state index >= 15 is 0 Å². The number of hydrogen-bond acceptors (Lipinski definition) is 2. The first-order valence-electron chi connectivity index (χ1n) is 7.43. The van der Waals surface area contributed by atoms with Crippen molar-refractivity contribution in [2.45, 2.75) is 90.7 Å². The first kappa shape index (κ1) is 16.9. The molecule has 2 heteroatoms. The lowest BCUT2D eigenvalue weighted by atomic mass is 9.97. The molecule has 0 aromatic rings. The van der Waals surface area contributed by atoms with Crippen molar-refractivity contribution in [2.75, 3.05) is 6.54 Å². The van der Waals surface area contributed by atoms with Crippen molar-refractivity contribution < 1.29 is 5.11 Å². The van der Waals surface area contributed by atoms with E-state index in [1.807, 2.05) is 6.92 Å². The van der Waals surface area contributed by atoms with Gasteiger partial charge < -0.3 is 10.4 Å². The zero-order valence-electron chi connectivity index (χ0n) is 12.4. The minimum absolute atomic E-state index is 0.454. The number of aliphatic hydroxyl groups is 1. The third kappa shape index (κ3) is 12.2. The van der Waals surface area contributed by atoms with Crippen LogP contribution in [-0.4, -0.2) is 23.3 Å². The van der Waals surface area contributed by atoms with Crippen LogP contribution in [0.3, 0.4) is 0 Å². The Bertz CT molecular complexity index is 166. The summed E-state index contributed by atoms with van der Waals surface area (Å²) in [5.74, 6) is 0. The zero-order chi connectivity index (χ0) is 13.1. The van der Waals surface area contributed by atoms with E-state index in [1.54, 1.807) is 0 Å². The summed E-state index contributed by atoms with van der Waals surface area (Å²) in [7, 11) is 0. The van der Waals surface area contributed by atoms with Gasteiger partial charge in [-0.25, -0.2) is 0 Å². The van der Waals surface area contributed by atoms with Gasteiger partial charge in [0.2, 0.25) is 0 Å². The summed E-state index contributed by atoms with van der Waals surface area (Å²) in [6.07, 6.45) is 10.1. The molecule has 0 spiro atoms. The van der Waals surface area contributed by atoms with Crippen molar-refractivity contribution in [1.82, 2.24) is 5.32 Å². The summed E-state index contributed by atoms with van der Waals surface area (Å²) in [6.45, 7) is 9.13. The molecule has 0 heterocycles. The summed E-state index contributed by atoms with van der Waals surface area (Å²) in [5, 5.41) is 13.4. The average Bonchev–Trinajstić information content (AvgIpc) is 2.25. The summed E-state index contributed by atoms with van der Waals surface area (Å²) >= 11 is 0. The highest BCUT2D eigenvalue weighted by Crippen LogP contribution is 2.15. The number of nitrogens with one attached hydrogen (secondary N) is 1. The smallest absolute Gasteiger partial charge is 0.0743 e. The fourth-order valence-corrected chi connectivity index (χ4v) is 1.98. The molecule has 0 aromatic heterocycles. The standard InChI is InChI=1S/C15H33NO/c1-5-6-7-8-9-10-11-12-15(4,17)13-16-14(2)3/h14,16-17H,5-13H2,1-4H3. The highest BCUT2D eigenvalue weighted by atomic mass is 16.3. The Morgan fingerprint density at radius 2 is 1.53 bits per heavy atom. The maximum atomic E-state index is 10.1. The first-order valence-corrected chi connectivity index (χ1v) is 7.43. The Morgan fingerprint density at radius 1 is 1.00 bits per heavy atom. The third-order valence-corrected chi connectivity index (χ3v) is 3.21. The third-order valence-electron chi connectivity index (χ3n) is 3.21. The second kappa shape index (κ2) is 9.90. The molecule has 104 valence electrons. The van der Waals surface area contributed by atoms with Gasteiger partial charge in [0.25, 0.3) is 0 Å². The highest BCUT2D eigenvalue weighted by Gasteiger charge is 2.19. The van der Waals surface area contributed by atoms with Crippen molar-refractivity contribution in [2.24, 2.45) is 0 Å². The van der Waals surface area contributed by atoms with Crippen LogP contribution in [0.4, 0.5) is 0 Å². The quantitative estimate of drug-likeness (QED) is 0.540. The van der Waals surface area contributed by atoms with Gasteiger partial charge in [0.05, 0.1) is 5.60 Å². The first-order chi connectivity index (χ1) is 7.98. The van der Waals surface area contributed by atoms with E-state index < -0.39 is 5.60 Å².